The van der Waals surface area contributed by atoms with E-state index >= 15 is 0 Å². The summed E-state index contributed by atoms with van der Waals surface area (Å²) in [6.07, 6.45) is 1.27. The van der Waals surface area contributed by atoms with Gasteiger partial charge in [-0.25, -0.2) is 0 Å². The Bertz CT molecular complexity index is 361. The van der Waals surface area contributed by atoms with Crippen LogP contribution in [0, 0.1) is 0 Å². The van der Waals surface area contributed by atoms with Gasteiger partial charge in [0.25, 0.3) is 0 Å². The fourth-order valence-corrected chi connectivity index (χ4v) is 2.01. The molecule has 3 N–H and O–H groups in total. The average molecular weight is 254 g/mol. The second-order valence-electron chi connectivity index (χ2n) is 4.02. The van der Waals surface area contributed by atoms with E-state index in [1.165, 1.54) is 11.3 Å². The van der Waals surface area contributed by atoms with Gasteiger partial charge in [0.15, 0.2) is 5.78 Å². The molecule has 1 rings (SSSR count). The molecule has 5 heteroatoms. The highest BCUT2D eigenvalue weighted by Gasteiger charge is 2.09. The lowest BCUT2D eigenvalue weighted by atomic mass is 10.2. The van der Waals surface area contributed by atoms with Crippen LogP contribution in [-0.2, 0) is 4.79 Å². The summed E-state index contributed by atoms with van der Waals surface area (Å²) in [5, 5.41) is 4.60. The maximum absolute atomic E-state index is 11.6. The minimum absolute atomic E-state index is 0.0299. The Morgan fingerprint density at radius 3 is 2.82 bits per heavy atom. The van der Waals surface area contributed by atoms with Crippen molar-refractivity contribution in [3.8, 4) is 0 Å². The molecule has 0 radical (unpaired) electrons. The van der Waals surface area contributed by atoms with Crippen LogP contribution in [-0.4, -0.2) is 24.3 Å². The first kappa shape index (κ1) is 13.9. The van der Waals surface area contributed by atoms with Crippen molar-refractivity contribution in [2.75, 3.05) is 6.54 Å². The Kier molecular flexibility index (Phi) is 5.86. The first-order valence-corrected chi connectivity index (χ1v) is 6.56. The Morgan fingerprint density at radius 2 is 2.24 bits per heavy atom. The molecule has 0 aromatic carbocycles. The van der Waals surface area contributed by atoms with Crippen molar-refractivity contribution in [1.29, 1.82) is 0 Å². The lowest BCUT2D eigenvalue weighted by molar-refractivity contribution is -0.121. The van der Waals surface area contributed by atoms with Gasteiger partial charge in [-0.15, -0.1) is 11.3 Å². The van der Waals surface area contributed by atoms with Crippen molar-refractivity contribution in [2.45, 2.75) is 32.2 Å². The van der Waals surface area contributed by atoms with Crippen LogP contribution < -0.4 is 11.1 Å². The molecule has 0 saturated carbocycles. The molecule has 0 aliphatic carbocycles. The fraction of sp³-hybridized carbons (Fsp3) is 0.500. The zero-order valence-electron chi connectivity index (χ0n) is 9.94. The number of nitrogens with one attached hydrogen (secondary N) is 1. The van der Waals surface area contributed by atoms with Crippen LogP contribution in [0.15, 0.2) is 17.5 Å². The number of amides is 1. The van der Waals surface area contributed by atoms with Crippen LogP contribution in [0.25, 0.3) is 0 Å². The zero-order chi connectivity index (χ0) is 12.7. The quantitative estimate of drug-likeness (QED) is 0.725. The second-order valence-corrected chi connectivity index (χ2v) is 4.96. The van der Waals surface area contributed by atoms with Crippen molar-refractivity contribution in [1.82, 2.24) is 5.32 Å². The van der Waals surface area contributed by atoms with E-state index in [1.54, 1.807) is 6.07 Å². The predicted molar refractivity (Wildman–Crippen MR) is 69.2 cm³/mol. The standard InChI is InChI=1S/C12H18N2O2S/c1-9(13)6-7-14-12(16)5-4-10(15)11-3-2-8-17-11/h2-3,8-9H,4-7,13H2,1H3,(H,14,16). The highest BCUT2D eigenvalue weighted by Crippen LogP contribution is 2.12. The van der Waals surface area contributed by atoms with Gasteiger partial charge in [0.05, 0.1) is 4.88 Å². The minimum atomic E-state index is -0.0874. The van der Waals surface area contributed by atoms with Crippen molar-refractivity contribution < 1.29 is 9.59 Å². The fourth-order valence-electron chi connectivity index (χ4n) is 1.32. The Balaban J connectivity index is 2.18. The Morgan fingerprint density at radius 1 is 1.47 bits per heavy atom. The van der Waals surface area contributed by atoms with Gasteiger partial charge in [0, 0.05) is 25.4 Å². The van der Waals surface area contributed by atoms with Gasteiger partial charge in [-0.05, 0) is 24.8 Å². The molecule has 0 fully saturated rings. The monoisotopic (exact) mass is 254 g/mol. The van der Waals surface area contributed by atoms with Crippen LogP contribution in [0.2, 0.25) is 0 Å². The number of hydrogen-bond acceptors (Lipinski definition) is 4. The van der Waals surface area contributed by atoms with E-state index in [1.807, 2.05) is 18.4 Å². The van der Waals surface area contributed by atoms with Crippen molar-refractivity contribution >= 4 is 23.0 Å². The molecule has 17 heavy (non-hydrogen) atoms. The first-order chi connectivity index (χ1) is 8.09. The summed E-state index contributed by atoms with van der Waals surface area (Å²) in [6.45, 7) is 2.47. The van der Waals surface area contributed by atoms with Crippen LogP contribution in [0.4, 0.5) is 0 Å². The molecular weight excluding hydrogens is 236 g/mol. The third kappa shape index (κ3) is 5.60. The van der Waals surface area contributed by atoms with Crippen LogP contribution >= 0.6 is 11.3 Å². The highest BCUT2D eigenvalue weighted by molar-refractivity contribution is 7.12. The second kappa shape index (κ2) is 7.19. The van der Waals surface area contributed by atoms with Gasteiger partial charge >= 0.3 is 0 Å². The smallest absolute Gasteiger partial charge is 0.220 e. The highest BCUT2D eigenvalue weighted by atomic mass is 32.1. The molecule has 1 unspecified atom stereocenters. The van der Waals surface area contributed by atoms with E-state index in [4.69, 9.17) is 5.73 Å². The SMILES string of the molecule is CC(N)CCNC(=O)CCC(=O)c1cccs1. The molecule has 0 saturated heterocycles. The summed E-state index contributed by atoms with van der Waals surface area (Å²) >= 11 is 1.41. The Hall–Kier alpha value is -1.20. The van der Waals surface area contributed by atoms with E-state index in [0.29, 0.717) is 11.4 Å². The summed E-state index contributed by atoms with van der Waals surface area (Å²) in [5.41, 5.74) is 5.56. The van der Waals surface area contributed by atoms with Crippen LogP contribution in [0.5, 0.6) is 0 Å². The average Bonchev–Trinajstić information content (AvgIpc) is 2.78. The topological polar surface area (TPSA) is 72.2 Å². The number of Topliss-reactive ketones (excluding diaryl/α,β-unsaturated/α-hetero) is 1. The van der Waals surface area contributed by atoms with E-state index in [9.17, 15) is 9.59 Å². The molecule has 1 amide bonds. The number of nitrogens with two attached hydrogens (primary N) is 1. The van der Waals surface area contributed by atoms with Crippen LogP contribution in [0.1, 0.15) is 35.9 Å². The number of carbonyl (C=O) groups excluding carboxylic acids is 2. The third-order valence-corrected chi connectivity index (χ3v) is 3.21. The molecule has 0 spiro atoms. The molecule has 4 nitrogen and oxygen atoms in total. The minimum Gasteiger partial charge on any atom is -0.356 e. The molecule has 0 bridgehead atoms. The maximum atomic E-state index is 11.6. The number of hydrogen-bond donors (Lipinski definition) is 2. The molecule has 0 aliphatic heterocycles. The zero-order valence-corrected chi connectivity index (χ0v) is 10.8. The van der Waals surface area contributed by atoms with Gasteiger partial charge in [-0.2, -0.15) is 0 Å². The molecule has 1 heterocycles. The molecule has 1 aromatic rings. The molecular formula is C12H18N2O2S. The third-order valence-electron chi connectivity index (χ3n) is 2.30. The van der Waals surface area contributed by atoms with E-state index < -0.39 is 0 Å². The first-order valence-electron chi connectivity index (χ1n) is 5.68. The lowest BCUT2D eigenvalue weighted by Crippen LogP contribution is -2.29. The number of ketones is 1. The number of rotatable bonds is 7. The Labute approximate surface area is 105 Å². The molecule has 0 aliphatic rings. The molecule has 1 atom stereocenters. The van der Waals surface area contributed by atoms with Crippen molar-refractivity contribution in [3.63, 3.8) is 0 Å². The van der Waals surface area contributed by atoms with Gasteiger partial charge in [-0.3, -0.25) is 9.59 Å². The largest absolute Gasteiger partial charge is 0.356 e. The molecule has 94 valence electrons. The van der Waals surface area contributed by atoms with Gasteiger partial charge in [-0.1, -0.05) is 6.07 Å². The predicted octanol–water partition coefficient (Wildman–Crippen LogP) is 1.56. The summed E-state index contributed by atoms with van der Waals surface area (Å²) in [6, 6.07) is 3.70. The van der Waals surface area contributed by atoms with E-state index in [-0.39, 0.29) is 30.6 Å². The van der Waals surface area contributed by atoms with Gasteiger partial charge in [0.2, 0.25) is 5.91 Å². The van der Waals surface area contributed by atoms with Crippen molar-refractivity contribution in [3.05, 3.63) is 22.4 Å². The van der Waals surface area contributed by atoms with E-state index in [2.05, 4.69) is 5.32 Å². The summed E-state index contributed by atoms with van der Waals surface area (Å²) in [5.74, 6) is -0.0575. The molecule has 1 aromatic heterocycles. The van der Waals surface area contributed by atoms with Gasteiger partial charge < -0.3 is 11.1 Å². The summed E-state index contributed by atoms with van der Waals surface area (Å²) < 4.78 is 0. The summed E-state index contributed by atoms with van der Waals surface area (Å²) in [4.78, 5) is 23.7. The van der Waals surface area contributed by atoms with E-state index in [0.717, 1.165) is 6.42 Å². The normalized spacial score (nSPS) is 12.1. The van der Waals surface area contributed by atoms with Gasteiger partial charge in [0.1, 0.15) is 0 Å². The lowest BCUT2D eigenvalue weighted by Gasteiger charge is -2.06. The summed E-state index contributed by atoms with van der Waals surface area (Å²) in [7, 11) is 0. The van der Waals surface area contributed by atoms with Crippen LogP contribution in [0.3, 0.4) is 0 Å². The number of carbonyl (C=O) groups is 2. The van der Waals surface area contributed by atoms with Crippen molar-refractivity contribution in [2.24, 2.45) is 5.73 Å². The maximum Gasteiger partial charge on any atom is 0.220 e. The number of thiophene rings is 1.